The molecule has 0 heterocycles. The molecule has 0 saturated heterocycles. The summed E-state index contributed by atoms with van der Waals surface area (Å²) in [7, 11) is 0. The zero-order valence-electron chi connectivity index (χ0n) is 9.24. The summed E-state index contributed by atoms with van der Waals surface area (Å²) in [5.74, 6) is 0.372. The van der Waals surface area contributed by atoms with Gasteiger partial charge >= 0.3 is 0 Å². The molecule has 4 heteroatoms. The third-order valence-electron chi connectivity index (χ3n) is 2.40. The Hall–Kier alpha value is -1.84. The third-order valence-corrected chi connectivity index (χ3v) is 2.40. The van der Waals surface area contributed by atoms with E-state index in [9.17, 15) is 9.59 Å². The number of benzene rings is 1. The maximum absolute atomic E-state index is 11.4. The van der Waals surface area contributed by atoms with Crippen LogP contribution < -0.4 is 15.9 Å². The van der Waals surface area contributed by atoms with E-state index in [2.05, 4.69) is 0 Å². The van der Waals surface area contributed by atoms with E-state index in [0.29, 0.717) is 29.0 Å². The molecule has 0 aliphatic rings. The number of ether oxygens (including phenoxy) is 1. The number of carbonyl (C=O) groups excluding carboxylic acids is 1. The van der Waals surface area contributed by atoms with E-state index in [1.807, 2.05) is 13.8 Å². The molecule has 2 rings (SSSR count). The molecule has 0 saturated carbocycles. The zero-order chi connectivity index (χ0) is 11.9. The van der Waals surface area contributed by atoms with Crippen LogP contribution in [-0.2, 0) is 0 Å². The lowest BCUT2D eigenvalue weighted by Crippen LogP contribution is -2.10. The van der Waals surface area contributed by atoms with Gasteiger partial charge in [0.1, 0.15) is 5.75 Å². The van der Waals surface area contributed by atoms with Crippen LogP contribution in [0.5, 0.6) is 5.75 Å². The molecule has 0 unspecified atom stereocenters. The van der Waals surface area contributed by atoms with Crippen molar-refractivity contribution in [1.82, 2.24) is 0 Å². The number of fused-ring (bicyclic) bond motifs is 1. The SMILES string of the molecule is CC(C)COc1ccc(C(N)=O)c2c(=O)c12. The van der Waals surface area contributed by atoms with Crippen LogP contribution >= 0.6 is 0 Å². The van der Waals surface area contributed by atoms with E-state index in [1.165, 1.54) is 0 Å². The predicted molar refractivity (Wildman–Crippen MR) is 61.4 cm³/mol. The van der Waals surface area contributed by atoms with E-state index < -0.39 is 5.91 Å². The molecule has 0 aliphatic carbocycles. The van der Waals surface area contributed by atoms with Crippen molar-refractivity contribution >= 4 is 16.7 Å². The molecule has 4 nitrogen and oxygen atoms in total. The molecule has 0 radical (unpaired) electrons. The summed E-state index contributed by atoms with van der Waals surface area (Å²) >= 11 is 0. The Morgan fingerprint density at radius 1 is 1.38 bits per heavy atom. The summed E-state index contributed by atoms with van der Waals surface area (Å²) in [6, 6.07) is 3.17. The summed E-state index contributed by atoms with van der Waals surface area (Å²) in [6.07, 6.45) is 0. The molecule has 1 amide bonds. The fourth-order valence-corrected chi connectivity index (χ4v) is 1.57. The number of hydrogen-bond acceptors (Lipinski definition) is 3. The quantitative estimate of drug-likeness (QED) is 0.840. The molecule has 16 heavy (non-hydrogen) atoms. The molecule has 0 atom stereocenters. The number of primary amides is 1. The van der Waals surface area contributed by atoms with E-state index in [-0.39, 0.29) is 11.0 Å². The van der Waals surface area contributed by atoms with Crippen LogP contribution in [0.2, 0.25) is 0 Å². The fourth-order valence-electron chi connectivity index (χ4n) is 1.57. The van der Waals surface area contributed by atoms with Gasteiger partial charge < -0.3 is 10.5 Å². The third kappa shape index (κ3) is 1.66. The van der Waals surface area contributed by atoms with Gasteiger partial charge in [0, 0.05) is 0 Å². The number of carbonyl (C=O) groups is 1. The van der Waals surface area contributed by atoms with Gasteiger partial charge in [-0.05, 0) is 18.1 Å². The second-order valence-corrected chi connectivity index (χ2v) is 4.26. The van der Waals surface area contributed by atoms with Crippen LogP contribution in [0.25, 0.3) is 10.8 Å². The second-order valence-electron chi connectivity index (χ2n) is 4.26. The molecule has 0 aliphatic heterocycles. The Labute approximate surface area is 92.7 Å². The Morgan fingerprint density at radius 3 is 2.62 bits per heavy atom. The van der Waals surface area contributed by atoms with Crippen LogP contribution in [0.15, 0.2) is 16.9 Å². The van der Waals surface area contributed by atoms with Crippen molar-refractivity contribution in [2.75, 3.05) is 6.61 Å². The Kier molecular flexibility index (Phi) is 2.42. The molecule has 0 aromatic heterocycles. The first kappa shape index (κ1) is 10.7. The van der Waals surface area contributed by atoms with Crippen molar-refractivity contribution in [3.63, 3.8) is 0 Å². The Bertz CT molecular complexity index is 562. The average Bonchev–Trinajstić information content (AvgIpc) is 2.87. The molecule has 2 aromatic carbocycles. The molecular weight excluding hydrogens is 206 g/mol. The maximum Gasteiger partial charge on any atom is 0.249 e. The summed E-state index contributed by atoms with van der Waals surface area (Å²) < 4.78 is 5.48. The highest BCUT2D eigenvalue weighted by molar-refractivity contribution is 6.15. The molecular formula is C12H13NO3. The van der Waals surface area contributed by atoms with Crippen molar-refractivity contribution in [3.05, 3.63) is 27.9 Å². The minimum Gasteiger partial charge on any atom is -0.493 e. The van der Waals surface area contributed by atoms with Crippen LogP contribution in [0.1, 0.15) is 24.2 Å². The first-order chi connectivity index (χ1) is 7.52. The molecule has 2 N–H and O–H groups in total. The highest BCUT2D eigenvalue weighted by Gasteiger charge is 2.24. The van der Waals surface area contributed by atoms with E-state index in [0.717, 1.165) is 0 Å². The minimum absolute atomic E-state index is 0.127. The largest absolute Gasteiger partial charge is 0.493 e. The number of nitrogens with two attached hydrogens (primary N) is 1. The zero-order valence-corrected chi connectivity index (χ0v) is 9.24. The predicted octanol–water partition coefficient (Wildman–Crippen LogP) is 1.21. The monoisotopic (exact) mass is 219 g/mol. The van der Waals surface area contributed by atoms with Crippen molar-refractivity contribution in [3.8, 4) is 5.75 Å². The van der Waals surface area contributed by atoms with Gasteiger partial charge in [-0.1, -0.05) is 13.8 Å². The number of rotatable bonds is 4. The van der Waals surface area contributed by atoms with E-state index in [4.69, 9.17) is 10.5 Å². The second kappa shape index (κ2) is 3.63. The van der Waals surface area contributed by atoms with Gasteiger partial charge in [0.15, 0.2) is 5.43 Å². The van der Waals surface area contributed by atoms with E-state index in [1.54, 1.807) is 12.1 Å². The Balaban J connectivity index is 2.33. The van der Waals surface area contributed by atoms with Crippen LogP contribution in [0, 0.1) is 5.92 Å². The summed E-state index contributed by atoms with van der Waals surface area (Å²) in [5.41, 5.74) is 5.31. The first-order valence-corrected chi connectivity index (χ1v) is 5.16. The average molecular weight is 219 g/mol. The Morgan fingerprint density at radius 2 is 2.06 bits per heavy atom. The standard InChI is InChI=1S/C12H13NO3/c1-6(2)5-16-8-4-3-7(12(13)15)9-10(8)11(9)14/h3-4,6H,5H2,1-2H3,(H2,13,15). The van der Waals surface area contributed by atoms with Gasteiger partial charge in [-0.25, -0.2) is 0 Å². The molecule has 2 aromatic rings. The fraction of sp³-hybridized carbons (Fsp3) is 0.333. The number of amides is 1. The lowest BCUT2D eigenvalue weighted by molar-refractivity contribution is 0.100. The van der Waals surface area contributed by atoms with Gasteiger partial charge in [0.2, 0.25) is 5.91 Å². The van der Waals surface area contributed by atoms with E-state index >= 15 is 0 Å². The van der Waals surface area contributed by atoms with Gasteiger partial charge in [-0.3, -0.25) is 9.59 Å². The van der Waals surface area contributed by atoms with Crippen molar-refractivity contribution in [2.45, 2.75) is 13.8 Å². The normalized spacial score (nSPS) is 11.4. The van der Waals surface area contributed by atoms with Crippen molar-refractivity contribution in [2.24, 2.45) is 11.7 Å². The highest BCUT2D eigenvalue weighted by Crippen LogP contribution is 2.30. The van der Waals surface area contributed by atoms with Gasteiger partial charge in [0.25, 0.3) is 0 Å². The summed E-state index contributed by atoms with van der Waals surface area (Å²) in [4.78, 5) is 22.5. The molecule has 0 spiro atoms. The van der Waals surface area contributed by atoms with Gasteiger partial charge in [0.05, 0.1) is 22.9 Å². The number of hydrogen-bond donors (Lipinski definition) is 1. The van der Waals surface area contributed by atoms with Gasteiger partial charge in [-0.15, -0.1) is 0 Å². The lowest BCUT2D eigenvalue weighted by atomic mass is 10.2. The topological polar surface area (TPSA) is 69.4 Å². The van der Waals surface area contributed by atoms with Crippen LogP contribution in [0.4, 0.5) is 0 Å². The lowest BCUT2D eigenvalue weighted by Gasteiger charge is -2.07. The molecule has 84 valence electrons. The molecule has 0 fully saturated rings. The van der Waals surface area contributed by atoms with Gasteiger partial charge in [-0.2, -0.15) is 0 Å². The smallest absolute Gasteiger partial charge is 0.249 e. The summed E-state index contributed by atoms with van der Waals surface area (Å²) in [5, 5.41) is 0.936. The molecule has 0 bridgehead atoms. The van der Waals surface area contributed by atoms with Crippen LogP contribution in [-0.4, -0.2) is 12.5 Å². The first-order valence-electron chi connectivity index (χ1n) is 5.16. The van der Waals surface area contributed by atoms with Crippen molar-refractivity contribution in [1.29, 1.82) is 0 Å². The highest BCUT2D eigenvalue weighted by atomic mass is 16.5. The van der Waals surface area contributed by atoms with Crippen molar-refractivity contribution < 1.29 is 9.53 Å². The maximum atomic E-state index is 11.4. The minimum atomic E-state index is -0.572. The van der Waals surface area contributed by atoms with Crippen LogP contribution in [0.3, 0.4) is 0 Å². The summed E-state index contributed by atoms with van der Waals surface area (Å²) in [6.45, 7) is 4.60.